The molecule has 0 saturated heterocycles. The first kappa shape index (κ1) is 11.4. The highest BCUT2D eigenvalue weighted by molar-refractivity contribution is 5.79. The third-order valence-corrected chi connectivity index (χ3v) is 3.45. The van der Waals surface area contributed by atoms with Gasteiger partial charge < -0.3 is 0 Å². The number of benzene rings is 1. The molecule has 2 rings (SSSR count). The molecular formula is C15H20O. The molecule has 1 fully saturated rings. The summed E-state index contributed by atoms with van der Waals surface area (Å²) in [5, 5.41) is 0. The van der Waals surface area contributed by atoms with E-state index in [2.05, 4.69) is 32.0 Å². The number of hydrogen-bond donors (Lipinski definition) is 0. The Morgan fingerprint density at radius 2 is 1.75 bits per heavy atom. The molecule has 16 heavy (non-hydrogen) atoms. The average molecular weight is 216 g/mol. The van der Waals surface area contributed by atoms with Gasteiger partial charge in [0.05, 0.1) is 0 Å². The fourth-order valence-electron chi connectivity index (χ4n) is 2.72. The van der Waals surface area contributed by atoms with Gasteiger partial charge in [-0.1, -0.05) is 35.7 Å². The van der Waals surface area contributed by atoms with Gasteiger partial charge in [0.15, 0.2) is 0 Å². The Kier molecular flexibility index (Phi) is 3.42. The molecule has 1 unspecified atom stereocenters. The minimum absolute atomic E-state index is 0.446. The number of aryl methyl sites for hydroxylation is 2. The highest BCUT2D eigenvalue weighted by Crippen LogP contribution is 2.31. The third-order valence-electron chi connectivity index (χ3n) is 3.45. The number of carbonyl (C=O) groups is 1. The van der Waals surface area contributed by atoms with Crippen LogP contribution in [0.1, 0.15) is 54.7 Å². The molecular weight excluding hydrogens is 196 g/mol. The predicted octanol–water partition coefficient (Wildman–Crippen LogP) is 3.92. The number of carbonyl (C=O) groups excluding carboxylic acids is 1. The van der Waals surface area contributed by atoms with Crippen molar-refractivity contribution >= 4 is 5.78 Å². The molecule has 0 radical (unpaired) electrons. The van der Waals surface area contributed by atoms with Gasteiger partial charge in [-0.3, -0.25) is 4.79 Å². The van der Waals surface area contributed by atoms with Crippen LogP contribution in [-0.2, 0) is 4.79 Å². The van der Waals surface area contributed by atoms with E-state index in [0.29, 0.717) is 11.7 Å². The van der Waals surface area contributed by atoms with Crippen molar-refractivity contribution in [3.8, 4) is 0 Å². The quantitative estimate of drug-likeness (QED) is 0.650. The molecule has 1 aliphatic rings. The molecule has 1 heteroatoms. The molecule has 0 aliphatic heterocycles. The van der Waals surface area contributed by atoms with E-state index in [-0.39, 0.29) is 0 Å². The van der Waals surface area contributed by atoms with Gasteiger partial charge in [0, 0.05) is 12.8 Å². The molecule has 0 N–H and O–H groups in total. The number of rotatable bonds is 1. The molecule has 1 aliphatic carbocycles. The highest BCUT2D eigenvalue weighted by Gasteiger charge is 2.19. The molecule has 1 saturated carbocycles. The van der Waals surface area contributed by atoms with E-state index in [4.69, 9.17) is 0 Å². The van der Waals surface area contributed by atoms with Gasteiger partial charge in [-0.15, -0.1) is 0 Å². The zero-order valence-corrected chi connectivity index (χ0v) is 10.3. The molecule has 1 aromatic rings. The minimum Gasteiger partial charge on any atom is -0.300 e. The van der Waals surface area contributed by atoms with E-state index in [9.17, 15) is 4.79 Å². The summed E-state index contributed by atoms with van der Waals surface area (Å²) in [4.78, 5) is 11.6. The number of ketones is 1. The Hall–Kier alpha value is -1.11. The Labute approximate surface area is 97.9 Å². The number of hydrogen-bond acceptors (Lipinski definition) is 1. The van der Waals surface area contributed by atoms with E-state index in [1.54, 1.807) is 0 Å². The third kappa shape index (κ3) is 2.72. The number of Topliss-reactive ketones (excluding diaryl/α,β-unsaturated/α-hetero) is 1. The molecule has 0 heterocycles. The van der Waals surface area contributed by atoms with Gasteiger partial charge in [0.25, 0.3) is 0 Å². The molecule has 1 atom stereocenters. The Morgan fingerprint density at radius 1 is 1.06 bits per heavy atom. The first-order valence-corrected chi connectivity index (χ1v) is 6.25. The molecule has 1 nitrogen and oxygen atoms in total. The first-order valence-electron chi connectivity index (χ1n) is 6.25. The van der Waals surface area contributed by atoms with Crippen molar-refractivity contribution in [1.29, 1.82) is 0 Å². The average Bonchev–Trinajstić information content (AvgIpc) is 2.41. The Balaban J connectivity index is 2.24. The van der Waals surface area contributed by atoms with Gasteiger partial charge >= 0.3 is 0 Å². The molecule has 1 aromatic carbocycles. The summed E-state index contributed by atoms with van der Waals surface area (Å²) in [5.74, 6) is 0.912. The lowest BCUT2D eigenvalue weighted by molar-refractivity contribution is -0.119. The monoisotopic (exact) mass is 216 g/mol. The van der Waals surface area contributed by atoms with Crippen LogP contribution < -0.4 is 0 Å². The fourth-order valence-corrected chi connectivity index (χ4v) is 2.72. The van der Waals surface area contributed by atoms with E-state index in [1.807, 2.05) is 0 Å². The maximum atomic E-state index is 11.6. The molecule has 0 amide bonds. The normalized spacial score (nSPS) is 21.9. The highest BCUT2D eigenvalue weighted by atomic mass is 16.1. The van der Waals surface area contributed by atoms with Crippen LogP contribution in [0.5, 0.6) is 0 Å². The predicted molar refractivity (Wildman–Crippen MR) is 66.7 cm³/mol. The smallest absolute Gasteiger partial charge is 0.133 e. The minimum atomic E-state index is 0.446. The zero-order chi connectivity index (χ0) is 11.5. The Bertz CT molecular complexity index is 372. The maximum Gasteiger partial charge on any atom is 0.133 e. The first-order chi connectivity index (χ1) is 7.65. The van der Waals surface area contributed by atoms with Crippen molar-refractivity contribution in [2.24, 2.45) is 0 Å². The van der Waals surface area contributed by atoms with Crippen molar-refractivity contribution < 1.29 is 4.79 Å². The molecule has 86 valence electrons. The molecule has 0 spiro atoms. The summed E-state index contributed by atoms with van der Waals surface area (Å²) in [6, 6.07) is 6.69. The summed E-state index contributed by atoms with van der Waals surface area (Å²) < 4.78 is 0. The van der Waals surface area contributed by atoms with Crippen molar-refractivity contribution in [2.45, 2.75) is 51.9 Å². The second-order valence-corrected chi connectivity index (χ2v) is 5.11. The summed E-state index contributed by atoms with van der Waals surface area (Å²) in [7, 11) is 0. The molecule has 0 aromatic heterocycles. The lowest BCUT2D eigenvalue weighted by atomic mass is 9.89. The van der Waals surface area contributed by atoms with Crippen molar-refractivity contribution in [3.05, 3.63) is 34.9 Å². The molecule has 0 bridgehead atoms. The van der Waals surface area contributed by atoms with Gasteiger partial charge in [0.1, 0.15) is 5.78 Å². The lowest BCUT2D eigenvalue weighted by Crippen LogP contribution is -2.04. The van der Waals surface area contributed by atoms with E-state index in [1.165, 1.54) is 29.5 Å². The van der Waals surface area contributed by atoms with Crippen LogP contribution in [0, 0.1) is 13.8 Å². The second kappa shape index (κ2) is 4.82. The topological polar surface area (TPSA) is 17.1 Å². The van der Waals surface area contributed by atoms with Crippen LogP contribution in [0.3, 0.4) is 0 Å². The second-order valence-electron chi connectivity index (χ2n) is 5.11. The maximum absolute atomic E-state index is 11.6. The van der Waals surface area contributed by atoms with Crippen LogP contribution in [0.25, 0.3) is 0 Å². The zero-order valence-electron chi connectivity index (χ0n) is 10.3. The van der Waals surface area contributed by atoms with Gasteiger partial charge in [-0.2, -0.15) is 0 Å². The van der Waals surface area contributed by atoms with Gasteiger partial charge in [-0.25, -0.2) is 0 Å². The van der Waals surface area contributed by atoms with Crippen molar-refractivity contribution in [1.82, 2.24) is 0 Å². The van der Waals surface area contributed by atoms with Crippen molar-refractivity contribution in [3.63, 3.8) is 0 Å². The van der Waals surface area contributed by atoms with E-state index < -0.39 is 0 Å². The summed E-state index contributed by atoms with van der Waals surface area (Å²) >= 11 is 0. The lowest BCUT2D eigenvalue weighted by Gasteiger charge is -2.15. The van der Waals surface area contributed by atoms with E-state index in [0.717, 1.165) is 19.3 Å². The van der Waals surface area contributed by atoms with Crippen LogP contribution in [0.15, 0.2) is 18.2 Å². The van der Waals surface area contributed by atoms with Crippen LogP contribution >= 0.6 is 0 Å². The largest absolute Gasteiger partial charge is 0.300 e. The van der Waals surface area contributed by atoms with Crippen LogP contribution in [0.2, 0.25) is 0 Å². The van der Waals surface area contributed by atoms with E-state index >= 15 is 0 Å². The summed E-state index contributed by atoms with van der Waals surface area (Å²) in [6.07, 6.45) is 5.00. The van der Waals surface area contributed by atoms with Gasteiger partial charge in [0.2, 0.25) is 0 Å². The SMILES string of the molecule is Cc1cc(C)cc(C2CCCCC(=O)C2)c1. The van der Waals surface area contributed by atoms with Crippen molar-refractivity contribution in [2.75, 3.05) is 0 Å². The van der Waals surface area contributed by atoms with Crippen LogP contribution in [-0.4, -0.2) is 5.78 Å². The Morgan fingerprint density at radius 3 is 2.44 bits per heavy atom. The fraction of sp³-hybridized carbons (Fsp3) is 0.533. The summed E-state index contributed by atoms with van der Waals surface area (Å²) in [5.41, 5.74) is 3.99. The summed E-state index contributed by atoms with van der Waals surface area (Å²) in [6.45, 7) is 4.27. The standard InChI is InChI=1S/C15H20O/c1-11-7-12(2)9-14(8-11)13-5-3-4-6-15(16)10-13/h7-9,13H,3-6,10H2,1-2H3. The van der Waals surface area contributed by atoms with Gasteiger partial charge in [-0.05, 0) is 38.2 Å². The van der Waals surface area contributed by atoms with Crippen LogP contribution in [0.4, 0.5) is 0 Å².